The van der Waals surface area contributed by atoms with Gasteiger partial charge in [-0.05, 0) is 34.7 Å². The molecule has 0 bridgehead atoms. The van der Waals surface area contributed by atoms with Crippen LogP contribution in [0.2, 0.25) is 0 Å². The van der Waals surface area contributed by atoms with E-state index < -0.39 is 0 Å². The Kier molecular flexibility index (Phi) is 3.95. The Labute approximate surface area is 91.0 Å². The van der Waals surface area contributed by atoms with Gasteiger partial charge in [0.2, 0.25) is 0 Å². The van der Waals surface area contributed by atoms with E-state index in [0.717, 1.165) is 9.13 Å². The molecule has 1 atom stereocenters. The number of nitrogens with two attached hydrogens (primary N) is 1. The molecule has 0 aliphatic rings. The normalized spacial score (nSPS) is 12.8. The summed E-state index contributed by atoms with van der Waals surface area (Å²) >= 11 is 2.13. The van der Waals surface area contributed by atoms with Crippen molar-refractivity contribution >= 4 is 22.6 Å². The summed E-state index contributed by atoms with van der Waals surface area (Å²) in [7, 11) is 1.59. The fourth-order valence-corrected chi connectivity index (χ4v) is 1.57. The van der Waals surface area contributed by atoms with Crippen molar-refractivity contribution in [2.75, 3.05) is 13.7 Å². The van der Waals surface area contributed by atoms with E-state index in [2.05, 4.69) is 22.6 Å². The second-order valence-electron chi connectivity index (χ2n) is 2.76. The zero-order chi connectivity index (χ0) is 9.84. The van der Waals surface area contributed by atoms with E-state index >= 15 is 0 Å². The van der Waals surface area contributed by atoms with Gasteiger partial charge in [0.1, 0.15) is 5.75 Å². The number of benzene rings is 1. The second kappa shape index (κ2) is 4.78. The van der Waals surface area contributed by atoms with Gasteiger partial charge in [0, 0.05) is 16.2 Å². The number of halogens is 1. The van der Waals surface area contributed by atoms with Crippen molar-refractivity contribution in [1.82, 2.24) is 0 Å². The Morgan fingerprint density at radius 1 is 1.62 bits per heavy atom. The van der Waals surface area contributed by atoms with Crippen LogP contribution in [0.4, 0.5) is 0 Å². The molecule has 72 valence electrons. The van der Waals surface area contributed by atoms with Gasteiger partial charge in [-0.15, -0.1) is 0 Å². The number of phenols is 1. The summed E-state index contributed by atoms with van der Waals surface area (Å²) in [6.45, 7) is 0.411. The number of hydrogen-bond acceptors (Lipinski definition) is 3. The molecule has 1 rings (SSSR count). The zero-order valence-electron chi connectivity index (χ0n) is 7.33. The van der Waals surface area contributed by atoms with Crippen molar-refractivity contribution in [3.05, 3.63) is 27.3 Å². The van der Waals surface area contributed by atoms with Gasteiger partial charge in [-0.25, -0.2) is 0 Å². The summed E-state index contributed by atoms with van der Waals surface area (Å²) in [5.74, 6) is 0.233. The van der Waals surface area contributed by atoms with Crippen molar-refractivity contribution in [3.8, 4) is 5.75 Å². The molecule has 0 unspecified atom stereocenters. The topological polar surface area (TPSA) is 55.5 Å². The molecular weight excluding hydrogens is 281 g/mol. The number of methoxy groups -OCH3 is 1. The second-order valence-corrected chi connectivity index (χ2v) is 4.01. The minimum Gasteiger partial charge on any atom is -0.508 e. The van der Waals surface area contributed by atoms with E-state index in [1.807, 2.05) is 12.1 Å². The molecule has 3 N–H and O–H groups in total. The molecule has 1 aromatic carbocycles. The predicted octanol–water partition coefficient (Wildman–Crippen LogP) is 1.64. The molecule has 0 heterocycles. The first-order valence-electron chi connectivity index (χ1n) is 3.88. The molecule has 13 heavy (non-hydrogen) atoms. The largest absolute Gasteiger partial charge is 0.508 e. The molecule has 0 radical (unpaired) electrons. The highest BCUT2D eigenvalue weighted by Crippen LogP contribution is 2.24. The molecule has 0 fully saturated rings. The van der Waals surface area contributed by atoms with Crippen LogP contribution in [0, 0.1) is 3.57 Å². The van der Waals surface area contributed by atoms with Gasteiger partial charge in [0.25, 0.3) is 0 Å². The molecule has 0 saturated carbocycles. The van der Waals surface area contributed by atoms with Crippen LogP contribution in [0.15, 0.2) is 18.2 Å². The summed E-state index contributed by atoms with van der Waals surface area (Å²) in [6.07, 6.45) is 0. The Morgan fingerprint density at radius 2 is 2.31 bits per heavy atom. The van der Waals surface area contributed by atoms with Crippen LogP contribution in [0.25, 0.3) is 0 Å². The number of phenolic OH excluding ortho intramolecular Hbond substituents is 1. The van der Waals surface area contributed by atoms with E-state index in [1.165, 1.54) is 0 Å². The van der Waals surface area contributed by atoms with Gasteiger partial charge in [-0.1, -0.05) is 6.07 Å². The Morgan fingerprint density at radius 3 is 2.85 bits per heavy atom. The standard InChI is InChI=1S/C9H12INO2/c1-13-5-8(11)7-3-2-6(10)4-9(7)12/h2-4,8,12H,5,11H2,1H3/t8-/m1/s1. The first-order valence-corrected chi connectivity index (χ1v) is 4.96. The lowest BCUT2D eigenvalue weighted by atomic mass is 10.1. The third-order valence-corrected chi connectivity index (χ3v) is 2.41. The van der Waals surface area contributed by atoms with Gasteiger partial charge < -0.3 is 15.6 Å². The first kappa shape index (κ1) is 10.7. The van der Waals surface area contributed by atoms with Crippen molar-refractivity contribution < 1.29 is 9.84 Å². The maximum atomic E-state index is 9.55. The Balaban J connectivity index is 2.88. The van der Waals surface area contributed by atoms with E-state index in [1.54, 1.807) is 13.2 Å². The van der Waals surface area contributed by atoms with Gasteiger partial charge in [-0.3, -0.25) is 0 Å². The van der Waals surface area contributed by atoms with E-state index in [0.29, 0.717) is 6.61 Å². The number of aromatic hydroxyl groups is 1. The molecule has 0 aliphatic heterocycles. The minimum atomic E-state index is -0.262. The average molecular weight is 293 g/mol. The number of ether oxygens (including phenoxy) is 1. The van der Waals surface area contributed by atoms with Gasteiger partial charge in [-0.2, -0.15) is 0 Å². The maximum absolute atomic E-state index is 9.55. The molecule has 0 spiro atoms. The highest BCUT2D eigenvalue weighted by Gasteiger charge is 2.10. The summed E-state index contributed by atoms with van der Waals surface area (Å²) < 4.78 is 5.89. The molecule has 0 aromatic heterocycles. The third-order valence-electron chi connectivity index (χ3n) is 1.74. The highest BCUT2D eigenvalue weighted by atomic mass is 127. The highest BCUT2D eigenvalue weighted by molar-refractivity contribution is 14.1. The summed E-state index contributed by atoms with van der Waals surface area (Å²) in [4.78, 5) is 0. The molecule has 0 aliphatic carbocycles. The summed E-state index contributed by atoms with van der Waals surface area (Å²) in [5.41, 5.74) is 6.49. The monoisotopic (exact) mass is 293 g/mol. The average Bonchev–Trinajstić information content (AvgIpc) is 2.04. The van der Waals surface area contributed by atoms with Crippen LogP contribution in [-0.4, -0.2) is 18.8 Å². The Bertz CT molecular complexity index is 291. The maximum Gasteiger partial charge on any atom is 0.121 e. The quantitative estimate of drug-likeness (QED) is 0.833. The smallest absolute Gasteiger partial charge is 0.121 e. The number of rotatable bonds is 3. The van der Waals surface area contributed by atoms with Crippen molar-refractivity contribution in [3.63, 3.8) is 0 Å². The number of hydrogen-bond donors (Lipinski definition) is 2. The minimum absolute atomic E-state index is 0.233. The van der Waals surface area contributed by atoms with Crippen LogP contribution in [0.5, 0.6) is 5.75 Å². The fourth-order valence-electron chi connectivity index (χ4n) is 1.10. The van der Waals surface area contributed by atoms with Crippen molar-refractivity contribution in [2.45, 2.75) is 6.04 Å². The lowest BCUT2D eigenvalue weighted by Gasteiger charge is -2.12. The van der Waals surface area contributed by atoms with Crippen molar-refractivity contribution in [1.29, 1.82) is 0 Å². The molecule has 3 nitrogen and oxygen atoms in total. The first-order chi connectivity index (χ1) is 6.15. The van der Waals surface area contributed by atoms with Gasteiger partial charge >= 0.3 is 0 Å². The molecule has 0 amide bonds. The van der Waals surface area contributed by atoms with Gasteiger partial charge in [0.05, 0.1) is 12.6 Å². The summed E-state index contributed by atoms with van der Waals surface area (Å²) in [6, 6.07) is 5.15. The fraction of sp³-hybridized carbons (Fsp3) is 0.333. The van der Waals surface area contributed by atoms with Crippen LogP contribution in [-0.2, 0) is 4.74 Å². The van der Waals surface area contributed by atoms with Crippen LogP contribution < -0.4 is 5.73 Å². The van der Waals surface area contributed by atoms with Gasteiger partial charge in [0.15, 0.2) is 0 Å². The third kappa shape index (κ3) is 2.82. The molecule has 1 aromatic rings. The van der Waals surface area contributed by atoms with Crippen LogP contribution in [0.1, 0.15) is 11.6 Å². The van der Waals surface area contributed by atoms with Crippen LogP contribution >= 0.6 is 22.6 Å². The SMILES string of the molecule is COC[C@@H](N)c1ccc(I)cc1O. The summed E-state index contributed by atoms with van der Waals surface area (Å²) in [5, 5.41) is 9.55. The lowest BCUT2D eigenvalue weighted by Crippen LogP contribution is -2.16. The zero-order valence-corrected chi connectivity index (χ0v) is 9.48. The van der Waals surface area contributed by atoms with E-state index in [4.69, 9.17) is 10.5 Å². The molecular formula is C9H12INO2. The van der Waals surface area contributed by atoms with E-state index in [9.17, 15) is 5.11 Å². The van der Waals surface area contributed by atoms with Crippen LogP contribution in [0.3, 0.4) is 0 Å². The molecule has 0 saturated heterocycles. The lowest BCUT2D eigenvalue weighted by molar-refractivity contribution is 0.180. The molecule has 4 heteroatoms. The van der Waals surface area contributed by atoms with E-state index in [-0.39, 0.29) is 11.8 Å². The predicted molar refractivity (Wildman–Crippen MR) is 59.6 cm³/mol. The van der Waals surface area contributed by atoms with Crippen molar-refractivity contribution in [2.24, 2.45) is 5.73 Å². The Hall–Kier alpha value is -0.330.